The number of hydrogen-bond acceptors (Lipinski definition) is 6. The van der Waals surface area contributed by atoms with Crippen molar-refractivity contribution in [3.05, 3.63) is 57.0 Å². The molecular weight excluding hydrogens is 407 g/mol. The van der Waals surface area contributed by atoms with Crippen LogP contribution in [0.5, 0.6) is 5.75 Å². The second-order valence-corrected chi connectivity index (χ2v) is 8.18. The molecule has 164 valence electrons. The van der Waals surface area contributed by atoms with E-state index in [-0.39, 0.29) is 37.1 Å². The van der Waals surface area contributed by atoms with Crippen LogP contribution < -0.4 is 16.2 Å². The number of carbonyl (C=O) groups is 2. The number of rotatable bonds is 5. The highest BCUT2D eigenvalue weighted by Crippen LogP contribution is 2.27. The lowest BCUT2D eigenvalue weighted by molar-refractivity contribution is -0.0566. The molecule has 0 radical (unpaired) electrons. The fourth-order valence-corrected chi connectivity index (χ4v) is 3.49. The van der Waals surface area contributed by atoms with Crippen LogP contribution in [0.4, 0.5) is 4.39 Å². The number of carbonyl (C=O) groups excluding carboxylic acids is 2. The van der Waals surface area contributed by atoms with Crippen LogP contribution in [-0.2, 0) is 23.4 Å². The van der Waals surface area contributed by atoms with Crippen molar-refractivity contribution >= 4 is 11.8 Å². The summed E-state index contributed by atoms with van der Waals surface area (Å²) in [6, 6.07) is 3.80. The van der Waals surface area contributed by atoms with E-state index in [4.69, 9.17) is 4.74 Å². The summed E-state index contributed by atoms with van der Waals surface area (Å²) in [5, 5.41) is 15.6. The van der Waals surface area contributed by atoms with Gasteiger partial charge in [0.15, 0.2) is 5.69 Å². The van der Waals surface area contributed by atoms with Gasteiger partial charge >= 0.3 is 0 Å². The molecule has 0 bridgehead atoms. The Balaban J connectivity index is 1.58. The van der Waals surface area contributed by atoms with Crippen LogP contribution >= 0.6 is 0 Å². The Hall–Kier alpha value is -3.27. The largest absolute Gasteiger partial charge is 0.501 e. The van der Waals surface area contributed by atoms with Crippen LogP contribution in [0.3, 0.4) is 0 Å². The smallest absolute Gasteiger partial charge is 0.296 e. The molecule has 0 unspecified atom stereocenters. The zero-order valence-corrected chi connectivity index (χ0v) is 17.2. The highest BCUT2D eigenvalue weighted by atomic mass is 19.1. The Bertz CT molecular complexity index is 1120. The number of amides is 2. The van der Waals surface area contributed by atoms with E-state index in [0.717, 1.165) is 18.9 Å². The van der Waals surface area contributed by atoms with E-state index >= 15 is 0 Å². The molecular formula is C21H23FN4O5. The maximum Gasteiger partial charge on any atom is 0.296 e. The van der Waals surface area contributed by atoms with Crippen molar-refractivity contribution in [2.75, 3.05) is 6.61 Å². The molecule has 0 atom stereocenters. The van der Waals surface area contributed by atoms with Crippen LogP contribution in [0.15, 0.2) is 23.0 Å². The monoisotopic (exact) mass is 430 g/mol. The minimum Gasteiger partial charge on any atom is -0.501 e. The number of benzene rings is 1. The van der Waals surface area contributed by atoms with E-state index in [9.17, 15) is 23.9 Å². The number of ether oxygens (including phenoxy) is 1. The molecule has 0 saturated heterocycles. The lowest BCUT2D eigenvalue weighted by Crippen LogP contribution is -2.42. The first-order valence-corrected chi connectivity index (χ1v) is 10.0. The molecule has 1 aromatic heterocycles. The quantitative estimate of drug-likeness (QED) is 0.655. The summed E-state index contributed by atoms with van der Waals surface area (Å²) in [6.45, 7) is 3.81. The average molecular weight is 430 g/mol. The molecule has 9 nitrogen and oxygen atoms in total. The maximum atomic E-state index is 13.7. The molecule has 1 aromatic carbocycles. The van der Waals surface area contributed by atoms with Crippen molar-refractivity contribution < 1.29 is 23.8 Å². The van der Waals surface area contributed by atoms with Crippen molar-refractivity contribution in [3.63, 3.8) is 0 Å². The molecule has 1 fully saturated rings. The lowest BCUT2D eigenvalue weighted by atomic mass is 10.1. The molecule has 2 amide bonds. The van der Waals surface area contributed by atoms with E-state index in [1.54, 1.807) is 13.8 Å². The number of nitrogens with one attached hydrogen (secondary N) is 2. The molecule has 2 aromatic rings. The van der Waals surface area contributed by atoms with Crippen LogP contribution in [0.25, 0.3) is 0 Å². The molecule has 4 rings (SSSR count). The third-order valence-electron chi connectivity index (χ3n) is 5.35. The topological polar surface area (TPSA) is 123 Å². The van der Waals surface area contributed by atoms with Gasteiger partial charge in [0.05, 0.1) is 13.2 Å². The number of aromatic hydroxyl groups is 1. The van der Waals surface area contributed by atoms with E-state index in [1.165, 1.54) is 16.7 Å². The number of hydrogen-bond donors (Lipinski definition) is 3. The zero-order valence-electron chi connectivity index (χ0n) is 17.2. The fraction of sp³-hybridized carbons (Fsp3) is 0.429. The molecule has 1 aliphatic heterocycles. The minimum atomic E-state index is -0.912. The van der Waals surface area contributed by atoms with Gasteiger partial charge in [0.25, 0.3) is 17.4 Å². The summed E-state index contributed by atoms with van der Waals surface area (Å²) in [7, 11) is 0. The van der Waals surface area contributed by atoms with Gasteiger partial charge in [0, 0.05) is 18.2 Å². The van der Waals surface area contributed by atoms with Crippen molar-refractivity contribution in [1.82, 2.24) is 20.2 Å². The lowest BCUT2D eigenvalue weighted by Gasteiger charge is -2.32. The van der Waals surface area contributed by atoms with Gasteiger partial charge < -0.3 is 20.5 Å². The minimum absolute atomic E-state index is 0.0911. The first-order valence-electron chi connectivity index (χ1n) is 10.0. The number of aromatic nitrogens is 2. The second-order valence-electron chi connectivity index (χ2n) is 8.18. The Morgan fingerprint density at radius 3 is 2.77 bits per heavy atom. The van der Waals surface area contributed by atoms with Crippen molar-refractivity contribution in [3.8, 4) is 5.75 Å². The van der Waals surface area contributed by atoms with Crippen LogP contribution in [0.1, 0.15) is 58.9 Å². The van der Waals surface area contributed by atoms with E-state index < -0.39 is 40.2 Å². The van der Waals surface area contributed by atoms with E-state index in [2.05, 4.69) is 15.6 Å². The van der Waals surface area contributed by atoms with Gasteiger partial charge in [-0.1, -0.05) is 6.07 Å². The molecule has 31 heavy (non-hydrogen) atoms. The molecule has 2 aliphatic rings. The number of halogens is 1. The zero-order chi connectivity index (χ0) is 22.3. The predicted molar refractivity (Wildman–Crippen MR) is 107 cm³/mol. The number of nitrogens with zero attached hydrogens (tertiary/aromatic N) is 2. The average Bonchev–Trinajstić information content (AvgIpc) is 3.53. The van der Waals surface area contributed by atoms with Crippen LogP contribution in [0, 0.1) is 5.82 Å². The molecule has 0 spiro atoms. The Morgan fingerprint density at radius 1 is 1.32 bits per heavy atom. The van der Waals surface area contributed by atoms with E-state index in [1.807, 2.05) is 0 Å². The maximum absolute atomic E-state index is 13.7. The summed E-state index contributed by atoms with van der Waals surface area (Å²) >= 11 is 0. The normalized spacial score (nSPS) is 17.0. The van der Waals surface area contributed by atoms with Gasteiger partial charge in [0.2, 0.25) is 5.75 Å². The van der Waals surface area contributed by atoms with Crippen LogP contribution in [-0.4, -0.2) is 39.1 Å². The van der Waals surface area contributed by atoms with Crippen molar-refractivity contribution in [2.45, 2.75) is 51.4 Å². The van der Waals surface area contributed by atoms with Gasteiger partial charge in [-0.3, -0.25) is 19.0 Å². The third-order valence-corrected chi connectivity index (χ3v) is 5.35. The van der Waals surface area contributed by atoms with Gasteiger partial charge in [-0.05, 0) is 44.4 Å². The molecule has 3 N–H and O–H groups in total. The van der Waals surface area contributed by atoms with Crippen molar-refractivity contribution in [1.29, 1.82) is 0 Å². The molecule has 10 heteroatoms. The molecule has 2 heterocycles. The van der Waals surface area contributed by atoms with E-state index in [0.29, 0.717) is 5.56 Å². The highest BCUT2D eigenvalue weighted by molar-refractivity contribution is 5.97. The fourth-order valence-electron chi connectivity index (χ4n) is 3.49. The van der Waals surface area contributed by atoms with Crippen molar-refractivity contribution in [2.24, 2.45) is 0 Å². The highest BCUT2D eigenvalue weighted by Gasteiger charge is 2.34. The summed E-state index contributed by atoms with van der Waals surface area (Å²) in [4.78, 5) is 41.9. The summed E-state index contributed by atoms with van der Waals surface area (Å²) in [5.41, 5.74) is -1.56. The Labute approximate surface area is 177 Å². The Kier molecular flexibility index (Phi) is 5.26. The molecule has 1 saturated carbocycles. The predicted octanol–water partition coefficient (Wildman–Crippen LogP) is 1.18. The summed E-state index contributed by atoms with van der Waals surface area (Å²) in [5.74, 6) is -2.31. The van der Waals surface area contributed by atoms with Gasteiger partial charge in [0.1, 0.15) is 17.2 Å². The second kappa shape index (κ2) is 7.77. The summed E-state index contributed by atoms with van der Waals surface area (Å²) < 4.78 is 20.6. The van der Waals surface area contributed by atoms with Gasteiger partial charge in [-0.2, -0.15) is 0 Å². The first-order chi connectivity index (χ1) is 14.7. The standard InChI is InChI=1S/C21H23FN4O5/c1-21(2)20-25-15(16(27)19(30)26(20)7-8-31-21)18(29)23-10-11-3-4-12(22)9-14(11)17(28)24-13-5-6-13/h3-4,9,13,27H,5-8,10H2,1-2H3,(H,23,29)(H,24,28). The molecule has 1 aliphatic carbocycles. The van der Waals surface area contributed by atoms with Gasteiger partial charge in [-0.25, -0.2) is 9.37 Å². The SMILES string of the molecule is CC1(C)OCCn2c1nc(C(=O)NCc1ccc(F)cc1C(=O)NC1CC1)c(O)c2=O. The first kappa shape index (κ1) is 21.0. The van der Waals surface area contributed by atoms with Gasteiger partial charge in [-0.15, -0.1) is 0 Å². The number of fused-ring (bicyclic) bond motifs is 1. The Morgan fingerprint density at radius 2 is 2.06 bits per heavy atom. The summed E-state index contributed by atoms with van der Waals surface area (Å²) in [6.07, 6.45) is 1.76. The van der Waals surface area contributed by atoms with Crippen LogP contribution in [0.2, 0.25) is 0 Å². The third kappa shape index (κ3) is 4.15.